The van der Waals surface area contributed by atoms with Gasteiger partial charge in [0, 0.05) is 30.8 Å². The van der Waals surface area contributed by atoms with Gasteiger partial charge in [-0.15, -0.1) is 0 Å². The molecule has 0 aromatic carbocycles. The molecule has 2 fully saturated rings. The van der Waals surface area contributed by atoms with Gasteiger partial charge in [-0.3, -0.25) is 0 Å². The maximum atomic E-state index is 11.9. The minimum Gasteiger partial charge on any atom is -0.391 e. The number of hydrogen-bond acceptors (Lipinski definition) is 3. The van der Waals surface area contributed by atoms with E-state index in [0.29, 0.717) is 11.3 Å². The molecule has 4 nitrogen and oxygen atoms in total. The number of ether oxygens (including phenoxy) is 1. The van der Waals surface area contributed by atoms with Crippen LogP contribution in [0.25, 0.3) is 0 Å². The van der Waals surface area contributed by atoms with E-state index in [1.54, 1.807) is 23.2 Å². The van der Waals surface area contributed by atoms with Crippen LogP contribution < -0.4 is 4.74 Å². The molecule has 1 spiro atoms. The predicted molar refractivity (Wildman–Crippen MR) is 67.4 cm³/mol. The summed E-state index contributed by atoms with van der Waals surface area (Å²) in [6, 6.07) is 5.32. The number of pyridine rings is 1. The summed E-state index contributed by atoms with van der Waals surface area (Å²) >= 11 is 0. The van der Waals surface area contributed by atoms with Crippen molar-refractivity contribution >= 4 is 6.09 Å². The molecule has 0 radical (unpaired) electrons. The SMILES string of the molecule is O=C(Oc1ccccn1)N1CC2(CCCCC2)C1. The Morgan fingerprint density at radius 3 is 2.67 bits per heavy atom. The van der Waals surface area contributed by atoms with Crippen LogP contribution in [0.1, 0.15) is 32.1 Å². The van der Waals surface area contributed by atoms with Crippen molar-refractivity contribution in [1.29, 1.82) is 0 Å². The minimum absolute atomic E-state index is 0.259. The summed E-state index contributed by atoms with van der Waals surface area (Å²) in [5.74, 6) is 0.382. The number of hydrogen-bond donors (Lipinski definition) is 0. The molecule has 0 atom stereocenters. The molecular formula is C14H18N2O2. The number of carbonyl (C=O) groups excluding carboxylic acids is 1. The fourth-order valence-corrected chi connectivity index (χ4v) is 3.07. The van der Waals surface area contributed by atoms with Crippen molar-refractivity contribution in [3.63, 3.8) is 0 Å². The normalized spacial score (nSPS) is 21.4. The third-order valence-corrected chi connectivity index (χ3v) is 4.05. The van der Waals surface area contributed by atoms with Gasteiger partial charge in [-0.25, -0.2) is 9.78 Å². The van der Waals surface area contributed by atoms with Crippen molar-refractivity contribution < 1.29 is 9.53 Å². The van der Waals surface area contributed by atoms with E-state index in [-0.39, 0.29) is 6.09 Å². The Hall–Kier alpha value is -1.58. The molecule has 0 N–H and O–H groups in total. The zero-order valence-electron chi connectivity index (χ0n) is 10.5. The topological polar surface area (TPSA) is 42.4 Å². The molecule has 1 amide bonds. The molecule has 1 aliphatic heterocycles. The second-order valence-corrected chi connectivity index (χ2v) is 5.45. The summed E-state index contributed by atoms with van der Waals surface area (Å²) in [7, 11) is 0. The summed E-state index contributed by atoms with van der Waals surface area (Å²) in [6.07, 6.45) is 7.86. The quantitative estimate of drug-likeness (QED) is 0.765. The van der Waals surface area contributed by atoms with E-state index >= 15 is 0 Å². The number of aromatic nitrogens is 1. The zero-order valence-corrected chi connectivity index (χ0v) is 10.5. The average molecular weight is 246 g/mol. The van der Waals surface area contributed by atoms with Gasteiger partial charge in [0.2, 0.25) is 5.88 Å². The lowest BCUT2D eigenvalue weighted by Crippen LogP contribution is -2.59. The van der Waals surface area contributed by atoms with E-state index in [2.05, 4.69) is 4.98 Å². The molecule has 3 rings (SSSR count). The van der Waals surface area contributed by atoms with Gasteiger partial charge < -0.3 is 9.64 Å². The monoisotopic (exact) mass is 246 g/mol. The Balaban J connectivity index is 1.53. The van der Waals surface area contributed by atoms with Crippen molar-refractivity contribution in [2.75, 3.05) is 13.1 Å². The Bertz CT molecular complexity index is 419. The Morgan fingerprint density at radius 2 is 2.00 bits per heavy atom. The molecule has 0 bridgehead atoms. The molecule has 2 heterocycles. The molecular weight excluding hydrogens is 228 g/mol. The van der Waals surface area contributed by atoms with E-state index in [9.17, 15) is 4.79 Å². The summed E-state index contributed by atoms with van der Waals surface area (Å²) < 4.78 is 5.23. The first kappa shape index (κ1) is 11.5. The highest BCUT2D eigenvalue weighted by atomic mass is 16.6. The van der Waals surface area contributed by atoms with Crippen molar-refractivity contribution in [2.24, 2.45) is 5.41 Å². The highest BCUT2D eigenvalue weighted by Gasteiger charge is 2.46. The smallest absolute Gasteiger partial charge is 0.391 e. The molecule has 0 unspecified atom stereocenters. The van der Waals surface area contributed by atoms with Crippen molar-refractivity contribution in [1.82, 2.24) is 9.88 Å². The third kappa shape index (κ3) is 2.19. The Morgan fingerprint density at radius 1 is 1.22 bits per heavy atom. The van der Waals surface area contributed by atoms with E-state index in [1.165, 1.54) is 32.1 Å². The minimum atomic E-state index is -0.259. The number of carbonyl (C=O) groups is 1. The van der Waals surface area contributed by atoms with Crippen LogP contribution in [0.3, 0.4) is 0 Å². The van der Waals surface area contributed by atoms with Crippen LogP contribution in [0.5, 0.6) is 5.88 Å². The molecule has 4 heteroatoms. The van der Waals surface area contributed by atoms with E-state index in [0.717, 1.165) is 13.1 Å². The van der Waals surface area contributed by atoms with Gasteiger partial charge in [-0.2, -0.15) is 0 Å². The lowest BCUT2D eigenvalue weighted by atomic mass is 9.69. The first-order valence-corrected chi connectivity index (χ1v) is 6.65. The van der Waals surface area contributed by atoms with Gasteiger partial charge >= 0.3 is 6.09 Å². The number of likely N-dealkylation sites (tertiary alicyclic amines) is 1. The van der Waals surface area contributed by atoms with Gasteiger partial charge in [0.25, 0.3) is 0 Å². The fourth-order valence-electron chi connectivity index (χ4n) is 3.07. The van der Waals surface area contributed by atoms with Crippen LogP contribution in [0.4, 0.5) is 4.79 Å². The van der Waals surface area contributed by atoms with Crippen molar-refractivity contribution in [3.05, 3.63) is 24.4 Å². The van der Waals surface area contributed by atoms with Crippen LogP contribution >= 0.6 is 0 Å². The maximum Gasteiger partial charge on any atom is 0.416 e. The van der Waals surface area contributed by atoms with Crippen molar-refractivity contribution in [3.8, 4) is 5.88 Å². The van der Waals surface area contributed by atoms with Crippen LogP contribution in [0, 0.1) is 5.41 Å². The Kier molecular flexibility index (Phi) is 2.94. The summed E-state index contributed by atoms with van der Waals surface area (Å²) in [5.41, 5.74) is 0.404. The molecule has 1 saturated heterocycles. The molecule has 1 aromatic heterocycles. The highest BCUT2D eigenvalue weighted by Crippen LogP contribution is 2.43. The first-order valence-electron chi connectivity index (χ1n) is 6.65. The lowest BCUT2D eigenvalue weighted by Gasteiger charge is -2.51. The maximum absolute atomic E-state index is 11.9. The van der Waals surface area contributed by atoms with Crippen LogP contribution in [-0.2, 0) is 0 Å². The van der Waals surface area contributed by atoms with E-state index < -0.39 is 0 Å². The van der Waals surface area contributed by atoms with Crippen molar-refractivity contribution in [2.45, 2.75) is 32.1 Å². The summed E-state index contributed by atoms with van der Waals surface area (Å²) in [6.45, 7) is 1.72. The van der Waals surface area contributed by atoms with E-state index in [1.807, 2.05) is 6.07 Å². The molecule has 1 aliphatic carbocycles. The molecule has 1 aromatic rings. The first-order chi connectivity index (χ1) is 8.77. The lowest BCUT2D eigenvalue weighted by molar-refractivity contribution is -0.0129. The summed E-state index contributed by atoms with van der Waals surface area (Å²) in [4.78, 5) is 17.7. The second kappa shape index (κ2) is 4.59. The van der Waals surface area contributed by atoms with Crippen LogP contribution in [-0.4, -0.2) is 29.1 Å². The number of amides is 1. The largest absolute Gasteiger partial charge is 0.416 e. The summed E-state index contributed by atoms with van der Waals surface area (Å²) in [5, 5.41) is 0. The Labute approximate surface area is 107 Å². The average Bonchev–Trinajstić information content (AvgIpc) is 2.38. The van der Waals surface area contributed by atoms with Crippen LogP contribution in [0.2, 0.25) is 0 Å². The van der Waals surface area contributed by atoms with Gasteiger partial charge in [0.05, 0.1) is 0 Å². The van der Waals surface area contributed by atoms with Gasteiger partial charge in [-0.05, 0) is 18.9 Å². The van der Waals surface area contributed by atoms with E-state index in [4.69, 9.17) is 4.74 Å². The molecule has 18 heavy (non-hydrogen) atoms. The molecule has 96 valence electrons. The molecule has 2 aliphatic rings. The number of rotatable bonds is 1. The van der Waals surface area contributed by atoms with Crippen LogP contribution in [0.15, 0.2) is 24.4 Å². The second-order valence-electron chi connectivity index (χ2n) is 5.45. The standard InChI is InChI=1S/C14H18N2O2/c17-13(18-12-6-2-5-9-15-12)16-10-14(11-16)7-3-1-4-8-14/h2,5-6,9H,1,3-4,7-8,10-11H2. The highest BCUT2D eigenvalue weighted by molar-refractivity contribution is 5.71. The predicted octanol–water partition coefficient (Wildman–Crippen LogP) is 2.85. The van der Waals surface area contributed by atoms with Gasteiger partial charge in [0.15, 0.2) is 0 Å². The third-order valence-electron chi connectivity index (χ3n) is 4.05. The van der Waals surface area contributed by atoms with Gasteiger partial charge in [-0.1, -0.05) is 25.3 Å². The molecule has 1 saturated carbocycles. The fraction of sp³-hybridized carbons (Fsp3) is 0.571. The number of nitrogens with zero attached hydrogens (tertiary/aromatic N) is 2. The van der Waals surface area contributed by atoms with Gasteiger partial charge in [0.1, 0.15) is 0 Å². The zero-order chi connectivity index (χ0) is 12.4.